The number of amides is 1. The highest BCUT2D eigenvalue weighted by atomic mass is 16.5. The first kappa shape index (κ1) is 17.5. The molecule has 0 aliphatic carbocycles. The van der Waals surface area contributed by atoms with Gasteiger partial charge in [-0.25, -0.2) is 0 Å². The van der Waals surface area contributed by atoms with Gasteiger partial charge in [-0.15, -0.1) is 0 Å². The fourth-order valence-corrected chi connectivity index (χ4v) is 3.56. The van der Waals surface area contributed by atoms with Crippen LogP contribution in [0.15, 0.2) is 35.0 Å². The molecule has 0 atom stereocenters. The minimum atomic E-state index is -0.359. The first-order valence-corrected chi connectivity index (χ1v) is 9.13. The number of benzene rings is 1. The molecule has 27 heavy (non-hydrogen) atoms. The molecule has 0 saturated carbocycles. The van der Waals surface area contributed by atoms with Crippen molar-refractivity contribution in [3.05, 3.63) is 42.2 Å². The Morgan fingerprint density at radius 1 is 1.33 bits per heavy atom. The highest BCUT2D eigenvalue weighted by Crippen LogP contribution is 2.29. The van der Waals surface area contributed by atoms with Crippen LogP contribution >= 0.6 is 0 Å². The SMILES string of the molecule is Cc1noc(CN2CCC(Oc3cccc4c3ccn4CC(N)=O)CC2)n1. The molecule has 0 unspecified atom stereocenters. The van der Waals surface area contributed by atoms with E-state index in [2.05, 4.69) is 15.0 Å². The molecule has 1 saturated heterocycles. The Balaban J connectivity index is 1.39. The molecule has 8 nitrogen and oxygen atoms in total. The van der Waals surface area contributed by atoms with E-state index in [0.717, 1.165) is 42.6 Å². The molecule has 2 aromatic heterocycles. The lowest BCUT2D eigenvalue weighted by atomic mass is 10.1. The largest absolute Gasteiger partial charge is 0.490 e. The number of primary amides is 1. The summed E-state index contributed by atoms with van der Waals surface area (Å²) in [4.78, 5) is 17.8. The number of carbonyl (C=O) groups excluding carboxylic acids is 1. The van der Waals surface area contributed by atoms with E-state index in [9.17, 15) is 4.79 Å². The fourth-order valence-electron chi connectivity index (χ4n) is 3.56. The lowest BCUT2D eigenvalue weighted by Crippen LogP contribution is -2.37. The smallest absolute Gasteiger partial charge is 0.240 e. The van der Waals surface area contributed by atoms with Crippen molar-refractivity contribution in [3.8, 4) is 5.75 Å². The van der Waals surface area contributed by atoms with Crippen molar-refractivity contribution in [1.29, 1.82) is 0 Å². The van der Waals surface area contributed by atoms with Crippen molar-refractivity contribution >= 4 is 16.8 Å². The number of nitrogens with zero attached hydrogens (tertiary/aromatic N) is 4. The highest BCUT2D eigenvalue weighted by Gasteiger charge is 2.23. The van der Waals surface area contributed by atoms with Gasteiger partial charge in [-0.05, 0) is 38.0 Å². The Morgan fingerprint density at radius 2 is 2.15 bits per heavy atom. The normalized spacial score (nSPS) is 16.0. The fraction of sp³-hybridized carbons (Fsp3) is 0.421. The first-order chi connectivity index (χ1) is 13.1. The maximum absolute atomic E-state index is 11.2. The number of carbonyl (C=O) groups is 1. The van der Waals surface area contributed by atoms with E-state index in [1.165, 1.54) is 0 Å². The van der Waals surface area contributed by atoms with Crippen molar-refractivity contribution in [3.63, 3.8) is 0 Å². The van der Waals surface area contributed by atoms with Gasteiger partial charge in [0.25, 0.3) is 0 Å². The zero-order valence-corrected chi connectivity index (χ0v) is 15.3. The minimum Gasteiger partial charge on any atom is -0.490 e. The van der Waals surface area contributed by atoms with Gasteiger partial charge in [0.15, 0.2) is 5.82 Å². The number of aromatic nitrogens is 3. The average molecular weight is 369 g/mol. The van der Waals surface area contributed by atoms with Crippen LogP contribution in [-0.4, -0.2) is 44.7 Å². The van der Waals surface area contributed by atoms with Crippen LogP contribution in [-0.2, 0) is 17.9 Å². The van der Waals surface area contributed by atoms with Crippen molar-refractivity contribution in [2.45, 2.75) is 39.0 Å². The van der Waals surface area contributed by atoms with Gasteiger partial charge in [0, 0.05) is 24.7 Å². The number of aryl methyl sites for hydroxylation is 1. The Hall–Kier alpha value is -2.87. The summed E-state index contributed by atoms with van der Waals surface area (Å²) < 4.78 is 13.3. The Morgan fingerprint density at radius 3 is 2.85 bits per heavy atom. The average Bonchev–Trinajstić information content (AvgIpc) is 3.23. The van der Waals surface area contributed by atoms with Crippen LogP contribution in [0.3, 0.4) is 0 Å². The summed E-state index contributed by atoms with van der Waals surface area (Å²) in [5, 5.41) is 4.84. The zero-order chi connectivity index (χ0) is 18.8. The molecule has 2 N–H and O–H groups in total. The second-order valence-electron chi connectivity index (χ2n) is 6.93. The quantitative estimate of drug-likeness (QED) is 0.712. The summed E-state index contributed by atoms with van der Waals surface area (Å²) in [5.74, 6) is 1.82. The number of hydrogen-bond acceptors (Lipinski definition) is 6. The van der Waals surface area contributed by atoms with Gasteiger partial charge in [-0.3, -0.25) is 9.69 Å². The van der Waals surface area contributed by atoms with Crippen molar-refractivity contribution in [2.75, 3.05) is 13.1 Å². The molecule has 0 bridgehead atoms. The molecule has 1 fully saturated rings. The highest BCUT2D eigenvalue weighted by molar-refractivity contribution is 5.87. The van der Waals surface area contributed by atoms with Crippen LogP contribution in [0.5, 0.6) is 5.75 Å². The summed E-state index contributed by atoms with van der Waals surface area (Å²) in [6, 6.07) is 7.87. The molecule has 1 aliphatic rings. The van der Waals surface area contributed by atoms with E-state index < -0.39 is 0 Å². The van der Waals surface area contributed by atoms with Crippen LogP contribution < -0.4 is 10.5 Å². The second-order valence-corrected chi connectivity index (χ2v) is 6.93. The molecule has 8 heteroatoms. The van der Waals surface area contributed by atoms with Crippen LogP contribution in [0, 0.1) is 6.92 Å². The topological polar surface area (TPSA) is 99.4 Å². The van der Waals surface area contributed by atoms with Gasteiger partial charge < -0.3 is 19.6 Å². The molecule has 4 rings (SSSR count). The van der Waals surface area contributed by atoms with Gasteiger partial charge >= 0.3 is 0 Å². The molecule has 1 aliphatic heterocycles. The third-order valence-electron chi connectivity index (χ3n) is 4.86. The summed E-state index contributed by atoms with van der Waals surface area (Å²) in [6.45, 7) is 4.51. The minimum absolute atomic E-state index is 0.163. The Bertz CT molecular complexity index is 940. The maximum Gasteiger partial charge on any atom is 0.240 e. The van der Waals surface area contributed by atoms with Gasteiger partial charge in [-0.1, -0.05) is 11.2 Å². The molecule has 3 heterocycles. The predicted molar refractivity (Wildman–Crippen MR) is 99.1 cm³/mol. The molecule has 0 radical (unpaired) electrons. The third kappa shape index (κ3) is 3.95. The zero-order valence-electron chi connectivity index (χ0n) is 15.3. The predicted octanol–water partition coefficient (Wildman–Crippen LogP) is 1.86. The van der Waals surface area contributed by atoms with E-state index in [-0.39, 0.29) is 18.6 Å². The number of rotatable bonds is 6. The van der Waals surface area contributed by atoms with Crippen LogP contribution in [0.1, 0.15) is 24.6 Å². The second kappa shape index (κ2) is 7.40. The summed E-state index contributed by atoms with van der Waals surface area (Å²) >= 11 is 0. The molecule has 3 aromatic rings. The molecular formula is C19H23N5O3. The van der Waals surface area contributed by atoms with Crippen molar-refractivity contribution in [2.24, 2.45) is 5.73 Å². The number of ether oxygens (including phenoxy) is 1. The molecule has 142 valence electrons. The van der Waals surface area contributed by atoms with Crippen molar-refractivity contribution in [1.82, 2.24) is 19.6 Å². The van der Waals surface area contributed by atoms with E-state index in [4.69, 9.17) is 15.0 Å². The molecule has 0 spiro atoms. The van der Waals surface area contributed by atoms with Crippen LogP contribution in [0.25, 0.3) is 10.9 Å². The van der Waals surface area contributed by atoms with E-state index in [1.54, 1.807) is 0 Å². The number of piperidine rings is 1. The molecule has 1 amide bonds. The standard InChI is InChI=1S/C19H23N5O3/c1-13-21-19(27-22-13)12-23-8-5-14(6-9-23)26-17-4-2-3-16-15(17)7-10-24(16)11-18(20)25/h2-4,7,10,14H,5-6,8-9,11-12H2,1H3,(H2,20,25). The number of likely N-dealkylation sites (tertiary alicyclic amines) is 1. The lowest BCUT2D eigenvalue weighted by molar-refractivity contribution is -0.118. The molecular weight excluding hydrogens is 346 g/mol. The number of fused-ring (bicyclic) bond motifs is 1. The Labute approximate surface area is 156 Å². The molecule has 1 aromatic carbocycles. The van der Waals surface area contributed by atoms with E-state index in [1.807, 2.05) is 42.0 Å². The maximum atomic E-state index is 11.2. The monoisotopic (exact) mass is 369 g/mol. The van der Waals surface area contributed by atoms with E-state index in [0.29, 0.717) is 18.3 Å². The summed E-state index contributed by atoms with van der Waals surface area (Å²) in [6.07, 6.45) is 3.91. The van der Waals surface area contributed by atoms with E-state index >= 15 is 0 Å². The number of nitrogens with two attached hydrogens (primary N) is 1. The summed E-state index contributed by atoms with van der Waals surface area (Å²) in [7, 11) is 0. The number of hydrogen-bond donors (Lipinski definition) is 1. The first-order valence-electron chi connectivity index (χ1n) is 9.13. The third-order valence-corrected chi connectivity index (χ3v) is 4.86. The van der Waals surface area contributed by atoms with Gasteiger partial charge in [-0.2, -0.15) is 4.98 Å². The van der Waals surface area contributed by atoms with Crippen LogP contribution in [0.2, 0.25) is 0 Å². The van der Waals surface area contributed by atoms with Crippen LogP contribution in [0.4, 0.5) is 0 Å². The Kier molecular flexibility index (Phi) is 4.81. The van der Waals surface area contributed by atoms with Crippen molar-refractivity contribution < 1.29 is 14.1 Å². The van der Waals surface area contributed by atoms with Gasteiger partial charge in [0.2, 0.25) is 11.8 Å². The lowest BCUT2D eigenvalue weighted by Gasteiger charge is -2.31. The van der Waals surface area contributed by atoms with Gasteiger partial charge in [0.1, 0.15) is 18.4 Å². The van der Waals surface area contributed by atoms with Gasteiger partial charge in [0.05, 0.1) is 12.1 Å². The summed E-state index contributed by atoms with van der Waals surface area (Å²) in [5.41, 5.74) is 6.28.